The zero-order valence-corrected chi connectivity index (χ0v) is 13.7. The number of hydrogen-bond donors (Lipinski definition) is 0. The van der Waals surface area contributed by atoms with Crippen LogP contribution < -0.4 is 0 Å². The first-order chi connectivity index (χ1) is 10.9. The molecule has 8 heteroatoms. The van der Waals surface area contributed by atoms with Gasteiger partial charge in [0.25, 0.3) is 0 Å². The third kappa shape index (κ3) is 3.59. The third-order valence-electron chi connectivity index (χ3n) is 4.05. The molecule has 1 aromatic carbocycles. The van der Waals surface area contributed by atoms with Crippen LogP contribution in [0.15, 0.2) is 35.7 Å². The Kier molecular flexibility index (Phi) is 4.45. The maximum atomic E-state index is 13.6. The van der Waals surface area contributed by atoms with E-state index in [1.165, 1.54) is 22.8 Å². The first-order valence-electron chi connectivity index (χ1n) is 7.55. The summed E-state index contributed by atoms with van der Waals surface area (Å²) in [4.78, 5) is 3.93. The Balaban J connectivity index is 1.79. The van der Waals surface area contributed by atoms with E-state index >= 15 is 0 Å². The Hall–Kier alpha value is -1.80. The molecule has 0 amide bonds. The van der Waals surface area contributed by atoms with Crippen LogP contribution in [0.4, 0.5) is 4.39 Å². The first kappa shape index (κ1) is 16.1. The molecule has 1 aliphatic rings. The molecule has 1 aromatic heterocycles. The molecule has 124 valence electrons. The fourth-order valence-corrected chi connectivity index (χ4v) is 4.66. The van der Waals surface area contributed by atoms with Crippen molar-refractivity contribution < 1.29 is 12.8 Å². The largest absolute Gasteiger partial charge is 0.253 e. The second kappa shape index (κ2) is 6.37. The standard InChI is InChI=1S/C15H19FN4O2S/c1-12-5-14(16)7-15(6-12)23(21,22)20-4-2-3-13(9-20)8-19-11-17-10-18-19/h5-7,10-11,13H,2-4,8-9H2,1H3/t13-/m1/s1. The number of benzene rings is 1. The van der Waals surface area contributed by atoms with E-state index in [-0.39, 0.29) is 10.8 Å². The van der Waals surface area contributed by atoms with Gasteiger partial charge in [0.05, 0.1) is 4.90 Å². The van der Waals surface area contributed by atoms with Crippen molar-refractivity contribution in [1.82, 2.24) is 19.1 Å². The van der Waals surface area contributed by atoms with E-state index in [1.807, 2.05) is 0 Å². The second-order valence-corrected chi connectivity index (χ2v) is 7.89. The lowest BCUT2D eigenvalue weighted by Crippen LogP contribution is -2.41. The summed E-state index contributed by atoms with van der Waals surface area (Å²) in [7, 11) is -3.67. The number of piperidine rings is 1. The number of sulfonamides is 1. The van der Waals surface area contributed by atoms with Crippen molar-refractivity contribution in [3.05, 3.63) is 42.2 Å². The quantitative estimate of drug-likeness (QED) is 0.853. The van der Waals surface area contributed by atoms with Gasteiger partial charge in [0, 0.05) is 19.6 Å². The van der Waals surface area contributed by atoms with E-state index in [0.29, 0.717) is 25.2 Å². The average Bonchev–Trinajstić information content (AvgIpc) is 2.99. The number of hydrogen-bond acceptors (Lipinski definition) is 4. The molecule has 2 heterocycles. The van der Waals surface area contributed by atoms with Crippen LogP contribution in [0.3, 0.4) is 0 Å². The second-order valence-electron chi connectivity index (χ2n) is 5.95. The van der Waals surface area contributed by atoms with E-state index in [0.717, 1.165) is 18.9 Å². The molecule has 0 bridgehead atoms. The van der Waals surface area contributed by atoms with Crippen LogP contribution in [0.2, 0.25) is 0 Å². The molecule has 6 nitrogen and oxygen atoms in total. The van der Waals surface area contributed by atoms with Crippen molar-refractivity contribution in [2.75, 3.05) is 13.1 Å². The van der Waals surface area contributed by atoms with Gasteiger partial charge in [0.2, 0.25) is 10.0 Å². The molecule has 2 aromatic rings. The molecule has 0 aliphatic carbocycles. The van der Waals surface area contributed by atoms with E-state index in [1.54, 1.807) is 17.9 Å². The van der Waals surface area contributed by atoms with E-state index in [2.05, 4.69) is 10.1 Å². The predicted molar refractivity (Wildman–Crippen MR) is 82.6 cm³/mol. The molecular weight excluding hydrogens is 319 g/mol. The van der Waals surface area contributed by atoms with Gasteiger partial charge in [-0.1, -0.05) is 0 Å². The summed E-state index contributed by atoms with van der Waals surface area (Å²) in [5.41, 5.74) is 0.597. The summed E-state index contributed by atoms with van der Waals surface area (Å²) in [5.74, 6) is -0.352. The van der Waals surface area contributed by atoms with Crippen LogP contribution in [0.25, 0.3) is 0 Å². The van der Waals surface area contributed by atoms with Crippen molar-refractivity contribution in [3.8, 4) is 0 Å². The Bertz CT molecular complexity index is 757. The van der Waals surface area contributed by atoms with Crippen molar-refractivity contribution in [2.24, 2.45) is 5.92 Å². The Morgan fingerprint density at radius 3 is 2.87 bits per heavy atom. The van der Waals surface area contributed by atoms with Crippen LogP contribution in [-0.2, 0) is 16.6 Å². The monoisotopic (exact) mass is 338 g/mol. The zero-order chi connectivity index (χ0) is 16.4. The average molecular weight is 338 g/mol. The Morgan fingerprint density at radius 2 is 2.17 bits per heavy atom. The molecule has 0 saturated carbocycles. The molecule has 23 heavy (non-hydrogen) atoms. The van der Waals surface area contributed by atoms with Gasteiger partial charge in [0.1, 0.15) is 18.5 Å². The predicted octanol–water partition coefficient (Wildman–Crippen LogP) is 1.83. The van der Waals surface area contributed by atoms with Crippen LogP contribution in [0, 0.1) is 18.7 Å². The lowest BCUT2D eigenvalue weighted by atomic mass is 10.00. The van der Waals surface area contributed by atoms with E-state index in [4.69, 9.17) is 0 Å². The smallest absolute Gasteiger partial charge is 0.243 e. The molecule has 0 spiro atoms. The van der Waals surface area contributed by atoms with Gasteiger partial charge < -0.3 is 0 Å². The summed E-state index contributed by atoms with van der Waals surface area (Å²) in [6, 6.07) is 3.92. The number of halogens is 1. The molecule has 0 radical (unpaired) electrons. The molecular formula is C15H19FN4O2S. The minimum Gasteiger partial charge on any atom is -0.253 e. The lowest BCUT2D eigenvalue weighted by Gasteiger charge is -2.31. The van der Waals surface area contributed by atoms with E-state index in [9.17, 15) is 12.8 Å². The maximum absolute atomic E-state index is 13.6. The first-order valence-corrected chi connectivity index (χ1v) is 8.99. The van der Waals surface area contributed by atoms with Gasteiger partial charge in [-0.05, 0) is 49.4 Å². The molecule has 3 rings (SSSR count). The minimum atomic E-state index is -3.67. The van der Waals surface area contributed by atoms with Crippen LogP contribution in [-0.4, -0.2) is 40.6 Å². The van der Waals surface area contributed by atoms with Gasteiger partial charge in [-0.15, -0.1) is 0 Å². The van der Waals surface area contributed by atoms with Crippen molar-refractivity contribution >= 4 is 10.0 Å². The number of rotatable bonds is 4. The SMILES string of the molecule is Cc1cc(F)cc(S(=O)(=O)N2CCC[C@H](Cn3cncn3)C2)c1. The van der Waals surface area contributed by atoms with Gasteiger partial charge in [-0.3, -0.25) is 4.68 Å². The third-order valence-corrected chi connectivity index (χ3v) is 5.89. The van der Waals surface area contributed by atoms with Gasteiger partial charge >= 0.3 is 0 Å². The van der Waals surface area contributed by atoms with Gasteiger partial charge in [-0.25, -0.2) is 17.8 Å². The number of nitrogens with zero attached hydrogens (tertiary/aromatic N) is 4. The number of aryl methyl sites for hydroxylation is 1. The fraction of sp³-hybridized carbons (Fsp3) is 0.467. The highest BCUT2D eigenvalue weighted by molar-refractivity contribution is 7.89. The minimum absolute atomic E-state index is 0.0244. The van der Waals surface area contributed by atoms with Crippen molar-refractivity contribution in [2.45, 2.75) is 31.2 Å². The summed E-state index contributed by atoms with van der Waals surface area (Å²) < 4.78 is 42.2. The highest BCUT2D eigenvalue weighted by Crippen LogP contribution is 2.25. The topological polar surface area (TPSA) is 68.1 Å². The van der Waals surface area contributed by atoms with Gasteiger partial charge in [0.15, 0.2) is 0 Å². The lowest BCUT2D eigenvalue weighted by molar-refractivity contribution is 0.239. The maximum Gasteiger partial charge on any atom is 0.243 e. The van der Waals surface area contributed by atoms with Crippen LogP contribution in [0.1, 0.15) is 18.4 Å². The molecule has 1 saturated heterocycles. The highest BCUT2D eigenvalue weighted by Gasteiger charge is 2.30. The number of aromatic nitrogens is 3. The summed E-state index contributed by atoms with van der Waals surface area (Å²) in [6.07, 6.45) is 4.82. The van der Waals surface area contributed by atoms with Crippen LogP contribution >= 0.6 is 0 Å². The summed E-state index contributed by atoms with van der Waals surface area (Å²) in [6.45, 7) is 3.20. The zero-order valence-electron chi connectivity index (χ0n) is 12.9. The summed E-state index contributed by atoms with van der Waals surface area (Å²) >= 11 is 0. The molecule has 1 aliphatic heterocycles. The van der Waals surface area contributed by atoms with E-state index < -0.39 is 15.8 Å². The molecule has 0 unspecified atom stereocenters. The van der Waals surface area contributed by atoms with Crippen molar-refractivity contribution in [3.63, 3.8) is 0 Å². The van der Waals surface area contributed by atoms with Crippen molar-refractivity contribution in [1.29, 1.82) is 0 Å². The normalized spacial score (nSPS) is 19.8. The Morgan fingerprint density at radius 1 is 1.35 bits per heavy atom. The molecule has 1 fully saturated rings. The molecule has 0 N–H and O–H groups in total. The molecule has 1 atom stereocenters. The van der Waals surface area contributed by atoms with Gasteiger partial charge in [-0.2, -0.15) is 9.40 Å². The Labute approximate surface area is 135 Å². The van der Waals surface area contributed by atoms with Crippen LogP contribution in [0.5, 0.6) is 0 Å². The summed E-state index contributed by atoms with van der Waals surface area (Å²) in [5, 5.41) is 4.07. The fourth-order valence-electron chi connectivity index (χ4n) is 2.99. The highest BCUT2D eigenvalue weighted by atomic mass is 32.2.